The Morgan fingerprint density at radius 3 is 2.77 bits per heavy atom. The Kier molecular flexibility index (Phi) is 3.03. The third-order valence-corrected chi connectivity index (χ3v) is 1.57. The molecule has 0 spiro atoms. The summed E-state index contributed by atoms with van der Waals surface area (Å²) in [6.07, 6.45) is 0. The minimum Gasteiger partial charge on any atom is -0.452 e. The maximum atomic E-state index is 10.9. The standard InChI is InChI=1S/C9H8NO3/c10-9(12)8-4-2-1-3-7(8)5-13-6-11/h1-4H,5H2,(H2,10,12). The molecule has 0 saturated carbocycles. The van der Waals surface area contributed by atoms with Gasteiger partial charge in [0.15, 0.2) is 0 Å². The van der Waals surface area contributed by atoms with Crippen LogP contribution in [0.2, 0.25) is 0 Å². The van der Waals surface area contributed by atoms with Crippen molar-refractivity contribution in [3.05, 3.63) is 35.4 Å². The molecule has 0 bridgehead atoms. The van der Waals surface area contributed by atoms with Crippen LogP contribution < -0.4 is 5.73 Å². The molecule has 4 heteroatoms. The van der Waals surface area contributed by atoms with E-state index in [1.165, 1.54) is 6.47 Å². The van der Waals surface area contributed by atoms with Crippen molar-refractivity contribution in [3.8, 4) is 0 Å². The van der Waals surface area contributed by atoms with Crippen molar-refractivity contribution in [1.82, 2.24) is 0 Å². The number of carbonyl (C=O) groups excluding carboxylic acids is 2. The summed E-state index contributed by atoms with van der Waals surface area (Å²) in [6.45, 7) is 1.30. The second kappa shape index (κ2) is 4.25. The molecule has 4 nitrogen and oxygen atoms in total. The minimum absolute atomic E-state index is 0.0165. The number of rotatable bonds is 4. The SMILES string of the molecule is NC(=O)c1ccccc1CO[C]=O. The van der Waals surface area contributed by atoms with E-state index in [-0.39, 0.29) is 6.61 Å². The third-order valence-electron chi connectivity index (χ3n) is 1.57. The molecule has 0 aliphatic carbocycles. The molecule has 0 heterocycles. The van der Waals surface area contributed by atoms with Crippen molar-refractivity contribution in [1.29, 1.82) is 0 Å². The van der Waals surface area contributed by atoms with Crippen molar-refractivity contribution in [2.75, 3.05) is 0 Å². The molecule has 0 fully saturated rings. The van der Waals surface area contributed by atoms with Crippen molar-refractivity contribution in [3.63, 3.8) is 0 Å². The lowest BCUT2D eigenvalue weighted by molar-refractivity contribution is 0.0997. The van der Waals surface area contributed by atoms with E-state index in [9.17, 15) is 9.59 Å². The summed E-state index contributed by atoms with van der Waals surface area (Å²) in [7, 11) is 0. The van der Waals surface area contributed by atoms with E-state index in [4.69, 9.17) is 5.73 Å². The van der Waals surface area contributed by atoms with Crippen LogP contribution in [0.3, 0.4) is 0 Å². The molecule has 2 N–H and O–H groups in total. The molecule has 0 aromatic heterocycles. The molecule has 1 radical (unpaired) electrons. The number of carbonyl (C=O) groups is 1. The molecule has 1 aromatic rings. The van der Waals surface area contributed by atoms with Crippen molar-refractivity contribution < 1.29 is 14.3 Å². The Bertz CT molecular complexity index is 322. The number of hydrogen-bond acceptors (Lipinski definition) is 3. The molecule has 0 unspecified atom stereocenters. The van der Waals surface area contributed by atoms with Crippen LogP contribution in [0.4, 0.5) is 0 Å². The second-order valence-corrected chi connectivity index (χ2v) is 2.39. The fourth-order valence-electron chi connectivity index (χ4n) is 0.994. The van der Waals surface area contributed by atoms with Crippen molar-refractivity contribution in [2.24, 2.45) is 5.73 Å². The van der Waals surface area contributed by atoms with Gasteiger partial charge in [0.25, 0.3) is 0 Å². The highest BCUT2D eigenvalue weighted by molar-refractivity contribution is 5.94. The fraction of sp³-hybridized carbons (Fsp3) is 0.111. The predicted octanol–water partition coefficient (Wildman–Crippen LogP) is 0.369. The monoisotopic (exact) mass is 178 g/mol. The first-order valence-electron chi connectivity index (χ1n) is 3.62. The Morgan fingerprint density at radius 1 is 1.46 bits per heavy atom. The Balaban J connectivity index is 2.90. The Labute approximate surface area is 75.3 Å². The van der Waals surface area contributed by atoms with E-state index in [0.717, 1.165) is 0 Å². The Morgan fingerprint density at radius 2 is 2.15 bits per heavy atom. The zero-order chi connectivity index (χ0) is 9.68. The first-order valence-corrected chi connectivity index (χ1v) is 3.62. The molecule has 0 atom stereocenters. The van der Waals surface area contributed by atoms with Gasteiger partial charge in [-0.25, -0.2) is 4.79 Å². The highest BCUT2D eigenvalue weighted by Gasteiger charge is 2.06. The fourth-order valence-corrected chi connectivity index (χ4v) is 0.994. The lowest BCUT2D eigenvalue weighted by atomic mass is 10.1. The Hall–Kier alpha value is -1.84. The van der Waals surface area contributed by atoms with Gasteiger partial charge in [-0.1, -0.05) is 18.2 Å². The van der Waals surface area contributed by atoms with E-state index in [2.05, 4.69) is 4.74 Å². The molecule has 0 aliphatic rings. The van der Waals surface area contributed by atoms with Crippen LogP contribution in [0.15, 0.2) is 24.3 Å². The quantitative estimate of drug-likeness (QED) is 0.724. The van der Waals surface area contributed by atoms with Crippen LogP contribution in [-0.4, -0.2) is 12.4 Å². The number of ether oxygens (including phenoxy) is 1. The summed E-state index contributed by atoms with van der Waals surface area (Å²) in [6, 6.07) is 6.66. The van der Waals surface area contributed by atoms with Gasteiger partial charge in [-0.05, 0) is 6.07 Å². The van der Waals surface area contributed by atoms with Crippen LogP contribution in [-0.2, 0) is 16.1 Å². The minimum atomic E-state index is -0.537. The summed E-state index contributed by atoms with van der Waals surface area (Å²) in [5.74, 6) is -0.537. The summed E-state index contributed by atoms with van der Waals surface area (Å²) in [4.78, 5) is 20.6. The molecule has 0 aliphatic heterocycles. The molecule has 1 aromatic carbocycles. The van der Waals surface area contributed by atoms with Crippen LogP contribution in [0.1, 0.15) is 15.9 Å². The third kappa shape index (κ3) is 2.30. The lowest BCUT2D eigenvalue weighted by Crippen LogP contribution is -2.13. The van der Waals surface area contributed by atoms with Gasteiger partial charge in [0.05, 0.1) is 0 Å². The van der Waals surface area contributed by atoms with Gasteiger partial charge in [0.2, 0.25) is 5.91 Å². The zero-order valence-corrected chi connectivity index (χ0v) is 6.82. The largest absolute Gasteiger partial charge is 0.452 e. The number of hydrogen-bond donors (Lipinski definition) is 1. The van der Waals surface area contributed by atoms with Gasteiger partial charge in [-0.15, -0.1) is 0 Å². The van der Waals surface area contributed by atoms with E-state index < -0.39 is 5.91 Å². The average molecular weight is 178 g/mol. The van der Waals surface area contributed by atoms with E-state index in [0.29, 0.717) is 11.1 Å². The van der Waals surface area contributed by atoms with Gasteiger partial charge < -0.3 is 10.5 Å². The number of nitrogens with two attached hydrogens (primary N) is 1. The lowest BCUT2D eigenvalue weighted by Gasteiger charge is -2.03. The molecular weight excluding hydrogens is 170 g/mol. The van der Waals surface area contributed by atoms with Crippen LogP contribution in [0, 0.1) is 0 Å². The summed E-state index contributed by atoms with van der Waals surface area (Å²) >= 11 is 0. The molecule has 67 valence electrons. The summed E-state index contributed by atoms with van der Waals surface area (Å²) in [5, 5.41) is 0. The summed E-state index contributed by atoms with van der Waals surface area (Å²) in [5.41, 5.74) is 6.03. The summed E-state index contributed by atoms with van der Waals surface area (Å²) < 4.78 is 4.40. The first-order chi connectivity index (χ1) is 6.25. The highest BCUT2D eigenvalue weighted by Crippen LogP contribution is 2.08. The van der Waals surface area contributed by atoms with Gasteiger partial charge in [-0.2, -0.15) is 0 Å². The van der Waals surface area contributed by atoms with Gasteiger partial charge in [-0.3, -0.25) is 4.79 Å². The van der Waals surface area contributed by atoms with Crippen LogP contribution in [0.25, 0.3) is 0 Å². The predicted molar refractivity (Wildman–Crippen MR) is 45.4 cm³/mol. The van der Waals surface area contributed by atoms with Gasteiger partial charge >= 0.3 is 6.47 Å². The number of benzene rings is 1. The average Bonchev–Trinajstić information content (AvgIpc) is 2.15. The molecule has 13 heavy (non-hydrogen) atoms. The van der Waals surface area contributed by atoms with Crippen LogP contribution >= 0.6 is 0 Å². The molecule has 1 rings (SSSR count). The zero-order valence-electron chi connectivity index (χ0n) is 6.82. The normalized spacial score (nSPS) is 9.23. The maximum Gasteiger partial charge on any atom is 0.417 e. The molecular formula is C9H8NO3. The molecule has 0 saturated heterocycles. The second-order valence-electron chi connectivity index (χ2n) is 2.39. The van der Waals surface area contributed by atoms with Gasteiger partial charge in [0, 0.05) is 11.1 Å². The number of amides is 1. The van der Waals surface area contributed by atoms with E-state index in [1.807, 2.05) is 0 Å². The highest BCUT2D eigenvalue weighted by atomic mass is 16.5. The molecule has 1 amide bonds. The smallest absolute Gasteiger partial charge is 0.417 e. The van der Waals surface area contributed by atoms with Gasteiger partial charge in [0.1, 0.15) is 6.61 Å². The topological polar surface area (TPSA) is 69.4 Å². The first kappa shape index (κ1) is 9.25. The van der Waals surface area contributed by atoms with E-state index >= 15 is 0 Å². The van der Waals surface area contributed by atoms with Crippen molar-refractivity contribution in [2.45, 2.75) is 6.61 Å². The van der Waals surface area contributed by atoms with E-state index in [1.54, 1.807) is 24.3 Å². The van der Waals surface area contributed by atoms with Crippen LogP contribution in [0.5, 0.6) is 0 Å². The van der Waals surface area contributed by atoms with Crippen molar-refractivity contribution >= 4 is 12.4 Å². The number of primary amides is 1. The maximum absolute atomic E-state index is 10.9.